The third-order valence-electron chi connectivity index (χ3n) is 11.7. The second-order valence-corrected chi connectivity index (χ2v) is 17.8. The van der Waals surface area contributed by atoms with Crippen LogP contribution >= 0.6 is 0 Å². The molecule has 2 heterocycles. The first kappa shape index (κ1) is 65.6. The van der Waals surface area contributed by atoms with Crippen LogP contribution in [-0.4, -0.2) is 159 Å². The molecule has 452 valence electrons. The average molecular weight is 1190 g/mol. The monoisotopic (exact) mass is 1190 g/mol. The number of hydrogen-bond acceptors (Lipinski definition) is 25. The SMILES string of the molecule is C=CCOC(=O)c1ccccc1-c1ccccc1NC(=O)OC1OC(C(=O)OC)C(OC(C)=O)C(OC(C)=O)C1OC(C)=O.COC(=O)C1OC(OC(=O)Nc2ccccc2-c2ccccc2C(=O)O)C(OC(C)=O)C(OC(C)=O)C1OC(C)=O. The number of carbonyl (C=O) groups excluding carboxylic acids is 11. The van der Waals surface area contributed by atoms with Crippen LogP contribution in [-0.2, 0) is 99.9 Å². The summed E-state index contributed by atoms with van der Waals surface area (Å²) in [5.74, 6) is -9.30. The molecule has 4 aromatic rings. The van der Waals surface area contributed by atoms with Gasteiger partial charge >= 0.3 is 71.9 Å². The van der Waals surface area contributed by atoms with Gasteiger partial charge in [0.05, 0.1) is 36.7 Å². The van der Waals surface area contributed by atoms with Crippen LogP contribution in [0.5, 0.6) is 0 Å². The molecule has 0 bridgehead atoms. The summed E-state index contributed by atoms with van der Waals surface area (Å²) in [5, 5.41) is 14.6. The zero-order chi connectivity index (χ0) is 62.7. The molecule has 10 unspecified atom stereocenters. The normalized spacial score (nSPS) is 21.1. The van der Waals surface area contributed by atoms with Gasteiger partial charge in [0, 0.05) is 52.7 Å². The number of aromatic carboxylic acids is 1. The van der Waals surface area contributed by atoms with E-state index in [9.17, 15) is 62.6 Å². The maximum atomic E-state index is 13.2. The standard InChI is InChI=1S/C30H31NO13.C27H27NO13/c1-6-15-39-27(35)21-13-8-7-11-19(21)20-12-9-10-14-22(20)31-30(37)44-29-26(42-18(4)34)24(41-17(3)33)23(40-16(2)32)25(43-29)28(36)38-5;1-13(29)37-20-21(38-14(2)30)23(39-15(3)31)26(40-22(20)25(34)36-4)41-27(35)28-19-12-8-7-10-17(19)16-9-5-6-11-18(16)24(32)33/h6-14,23-26,29H,1,15H2,2-5H3,(H,31,37);5-12,20-23,26H,1-4H3,(H,28,35)(H,32,33). The maximum Gasteiger partial charge on any atom is 0.414 e. The Morgan fingerprint density at radius 3 is 1.12 bits per heavy atom. The van der Waals surface area contributed by atoms with Crippen LogP contribution in [0.25, 0.3) is 22.3 Å². The van der Waals surface area contributed by atoms with E-state index in [1.54, 1.807) is 78.9 Å². The molecule has 2 aliphatic heterocycles. The molecule has 85 heavy (non-hydrogen) atoms. The number of carbonyl (C=O) groups is 12. The van der Waals surface area contributed by atoms with Crippen LogP contribution in [0.3, 0.4) is 0 Å². The van der Waals surface area contributed by atoms with Gasteiger partial charge in [-0.05, 0) is 35.4 Å². The minimum absolute atomic E-state index is 0.0104. The number of hydrogen-bond donors (Lipinski definition) is 3. The Morgan fingerprint density at radius 1 is 0.447 bits per heavy atom. The fourth-order valence-corrected chi connectivity index (χ4v) is 8.51. The molecule has 0 spiro atoms. The van der Waals surface area contributed by atoms with Gasteiger partial charge in [-0.1, -0.05) is 85.5 Å². The minimum Gasteiger partial charge on any atom is -0.478 e. The molecule has 0 radical (unpaired) electrons. The summed E-state index contributed by atoms with van der Waals surface area (Å²) >= 11 is 0. The zero-order valence-electron chi connectivity index (χ0n) is 46.7. The van der Waals surface area contributed by atoms with Crippen LogP contribution in [0.1, 0.15) is 62.3 Å². The van der Waals surface area contributed by atoms with E-state index in [0.29, 0.717) is 22.3 Å². The maximum absolute atomic E-state index is 13.2. The van der Waals surface area contributed by atoms with E-state index in [2.05, 4.69) is 17.2 Å². The van der Waals surface area contributed by atoms with E-state index in [1.807, 2.05) is 0 Å². The average Bonchev–Trinajstić information content (AvgIpc) is 3.12. The van der Waals surface area contributed by atoms with Crippen LogP contribution < -0.4 is 10.6 Å². The lowest BCUT2D eigenvalue weighted by molar-refractivity contribution is -0.287. The van der Waals surface area contributed by atoms with Gasteiger partial charge in [0.25, 0.3) is 0 Å². The van der Waals surface area contributed by atoms with E-state index in [4.69, 9.17) is 61.6 Å². The second kappa shape index (κ2) is 30.7. The molecule has 0 saturated carbocycles. The third-order valence-corrected chi connectivity index (χ3v) is 11.7. The molecule has 2 saturated heterocycles. The van der Waals surface area contributed by atoms with Crippen molar-refractivity contribution in [1.29, 1.82) is 0 Å². The summed E-state index contributed by atoms with van der Waals surface area (Å²) < 4.78 is 67.9. The Bertz CT molecular complexity index is 3180. The van der Waals surface area contributed by atoms with Crippen molar-refractivity contribution in [3.63, 3.8) is 0 Å². The Kier molecular flexibility index (Phi) is 23.7. The molecule has 28 nitrogen and oxygen atoms in total. The van der Waals surface area contributed by atoms with Crippen molar-refractivity contribution in [1.82, 2.24) is 0 Å². The number of esters is 9. The Hall–Kier alpha value is -10.2. The lowest BCUT2D eigenvalue weighted by Crippen LogP contribution is -2.64. The van der Waals surface area contributed by atoms with Gasteiger partial charge in [-0.3, -0.25) is 39.4 Å². The van der Waals surface area contributed by atoms with Crippen LogP contribution in [0, 0.1) is 0 Å². The van der Waals surface area contributed by atoms with Gasteiger partial charge < -0.3 is 66.7 Å². The Balaban J connectivity index is 0.000000311. The highest BCUT2D eigenvalue weighted by Gasteiger charge is 2.58. The topological polar surface area (TPSA) is 369 Å². The molecule has 3 N–H and O–H groups in total. The molecule has 4 aromatic carbocycles. The van der Waals surface area contributed by atoms with E-state index < -0.39 is 133 Å². The summed E-state index contributed by atoms with van der Waals surface area (Å²) in [5.41, 5.74) is 2.00. The predicted octanol–water partition coefficient (Wildman–Crippen LogP) is 5.23. The number of carboxylic acids is 1. The molecule has 0 aliphatic carbocycles. The molecular formula is C57H58N2O26. The second-order valence-electron chi connectivity index (χ2n) is 17.8. The van der Waals surface area contributed by atoms with Crippen LogP contribution in [0.4, 0.5) is 21.0 Å². The van der Waals surface area contributed by atoms with E-state index >= 15 is 0 Å². The fraction of sp³-hybridized carbons (Fsp3) is 0.333. The van der Waals surface area contributed by atoms with Crippen molar-refractivity contribution < 1.29 is 124 Å². The Labute approximate surface area is 483 Å². The van der Waals surface area contributed by atoms with Gasteiger partial charge in [0.1, 0.15) is 6.61 Å². The number of ether oxygens (including phenoxy) is 13. The van der Waals surface area contributed by atoms with Gasteiger partial charge in [-0.25, -0.2) is 28.8 Å². The van der Waals surface area contributed by atoms with Crippen molar-refractivity contribution in [3.05, 3.63) is 121 Å². The zero-order valence-corrected chi connectivity index (χ0v) is 46.7. The number of anilines is 2. The highest BCUT2D eigenvalue weighted by Crippen LogP contribution is 2.36. The number of rotatable bonds is 18. The smallest absolute Gasteiger partial charge is 0.414 e. The predicted molar refractivity (Wildman–Crippen MR) is 286 cm³/mol. The first-order valence-corrected chi connectivity index (χ1v) is 25.2. The first-order valence-electron chi connectivity index (χ1n) is 25.2. The Morgan fingerprint density at radius 2 is 0.765 bits per heavy atom. The summed E-state index contributed by atoms with van der Waals surface area (Å²) in [6.07, 6.45) is -18.0. The van der Waals surface area contributed by atoms with Crippen molar-refractivity contribution >= 4 is 83.3 Å². The molecule has 28 heteroatoms. The van der Waals surface area contributed by atoms with Crippen LogP contribution in [0.15, 0.2) is 110 Å². The molecular weight excluding hydrogens is 1130 g/mol. The van der Waals surface area contributed by atoms with Crippen molar-refractivity contribution in [3.8, 4) is 22.3 Å². The van der Waals surface area contributed by atoms with E-state index in [1.165, 1.54) is 24.3 Å². The quantitative estimate of drug-likeness (QED) is 0.0652. The largest absolute Gasteiger partial charge is 0.478 e. The van der Waals surface area contributed by atoms with Crippen molar-refractivity contribution in [2.24, 2.45) is 0 Å². The van der Waals surface area contributed by atoms with E-state index in [-0.39, 0.29) is 29.1 Å². The van der Waals surface area contributed by atoms with Crippen molar-refractivity contribution in [2.75, 3.05) is 31.5 Å². The molecule has 2 amide bonds. The summed E-state index contributed by atoms with van der Waals surface area (Å²) in [6.45, 7) is 9.68. The highest BCUT2D eigenvalue weighted by molar-refractivity contribution is 6.02. The molecule has 2 fully saturated rings. The summed E-state index contributed by atoms with van der Waals surface area (Å²) in [7, 11) is 2.05. The lowest BCUT2D eigenvalue weighted by atomic mass is 9.97. The van der Waals surface area contributed by atoms with Crippen LogP contribution in [0.2, 0.25) is 0 Å². The molecule has 10 atom stereocenters. The molecule has 2 aliphatic rings. The fourth-order valence-electron chi connectivity index (χ4n) is 8.51. The number of methoxy groups -OCH3 is 2. The first-order chi connectivity index (χ1) is 40.4. The van der Waals surface area contributed by atoms with Crippen molar-refractivity contribution in [2.45, 2.75) is 103 Å². The highest BCUT2D eigenvalue weighted by atomic mass is 16.8. The third kappa shape index (κ3) is 17.9. The molecule has 6 rings (SSSR count). The van der Waals surface area contributed by atoms with Gasteiger partial charge in [0.15, 0.2) is 36.6 Å². The van der Waals surface area contributed by atoms with Gasteiger partial charge in [-0.2, -0.15) is 0 Å². The lowest BCUT2D eigenvalue weighted by Gasteiger charge is -2.42. The number of nitrogens with one attached hydrogen (secondary N) is 2. The minimum atomic E-state index is -1.86. The summed E-state index contributed by atoms with van der Waals surface area (Å²) in [6, 6.07) is 25.4. The number of benzene rings is 4. The summed E-state index contributed by atoms with van der Waals surface area (Å²) in [4.78, 5) is 147. The number of carboxylic acid groups (broad SMARTS) is 1. The number of amides is 2. The van der Waals surface area contributed by atoms with E-state index in [0.717, 1.165) is 55.8 Å². The van der Waals surface area contributed by atoms with Gasteiger partial charge in [0.2, 0.25) is 24.8 Å². The number of para-hydroxylation sites is 2. The van der Waals surface area contributed by atoms with Gasteiger partial charge in [-0.15, -0.1) is 0 Å². The molecule has 0 aromatic heterocycles.